The van der Waals surface area contributed by atoms with E-state index in [2.05, 4.69) is 0 Å². The molecule has 0 saturated carbocycles. The highest BCUT2D eigenvalue weighted by atomic mass is 32.1. The normalized spacial score (nSPS) is 11.4. The maximum atomic E-state index is 12.6. The third kappa shape index (κ3) is 1.26. The van der Waals surface area contributed by atoms with Gasteiger partial charge in [-0.15, -0.1) is 11.3 Å². The summed E-state index contributed by atoms with van der Waals surface area (Å²) in [5, 5.41) is 2.74. The van der Waals surface area contributed by atoms with E-state index < -0.39 is 6.43 Å². The summed E-state index contributed by atoms with van der Waals surface area (Å²) in [5.74, 6) is 0. The molecule has 74 valence electrons. The molecule has 0 amide bonds. The second-order valence-electron chi connectivity index (χ2n) is 3.14. The van der Waals surface area contributed by atoms with Crippen LogP contribution in [0.2, 0.25) is 0 Å². The molecule has 0 unspecified atom stereocenters. The number of hydrogen-bond acceptors (Lipinski definition) is 2. The molecular weight excluding hydrogens is 204 g/mol. The molecule has 4 heteroatoms. The van der Waals surface area contributed by atoms with E-state index in [-0.39, 0.29) is 5.56 Å². The van der Waals surface area contributed by atoms with Gasteiger partial charge in [0.25, 0.3) is 6.43 Å². The highest BCUT2D eigenvalue weighted by Gasteiger charge is 2.15. The van der Waals surface area contributed by atoms with Gasteiger partial charge in [-0.1, -0.05) is 0 Å². The van der Waals surface area contributed by atoms with Crippen LogP contribution in [0.15, 0.2) is 17.5 Å². The molecule has 14 heavy (non-hydrogen) atoms. The number of alkyl halides is 2. The first-order valence-electron chi connectivity index (χ1n) is 4.15. The van der Waals surface area contributed by atoms with E-state index in [0.29, 0.717) is 11.3 Å². The number of halogens is 2. The van der Waals surface area contributed by atoms with Crippen LogP contribution in [0.1, 0.15) is 17.6 Å². The van der Waals surface area contributed by atoms with Gasteiger partial charge in [-0.3, -0.25) is 0 Å². The Morgan fingerprint density at radius 2 is 2.14 bits per heavy atom. The number of hydrogen-bond donors (Lipinski definition) is 1. The Balaban J connectivity index is 2.82. The van der Waals surface area contributed by atoms with Crippen LogP contribution in [0.25, 0.3) is 10.1 Å². The summed E-state index contributed by atoms with van der Waals surface area (Å²) in [4.78, 5) is 0. The number of fused-ring (bicyclic) bond motifs is 1. The van der Waals surface area contributed by atoms with E-state index in [1.165, 1.54) is 17.4 Å². The number of thiophene rings is 1. The van der Waals surface area contributed by atoms with Crippen molar-refractivity contribution in [2.24, 2.45) is 0 Å². The van der Waals surface area contributed by atoms with Crippen LogP contribution in [-0.4, -0.2) is 0 Å². The molecule has 0 aliphatic rings. The molecule has 1 heterocycles. The topological polar surface area (TPSA) is 26.0 Å². The molecule has 0 aliphatic carbocycles. The van der Waals surface area contributed by atoms with Gasteiger partial charge in [0.1, 0.15) is 0 Å². The predicted octanol–water partition coefficient (Wildman–Crippen LogP) is 3.73. The lowest BCUT2D eigenvalue weighted by Gasteiger charge is -2.07. The molecule has 0 radical (unpaired) electrons. The van der Waals surface area contributed by atoms with Crippen molar-refractivity contribution in [3.8, 4) is 0 Å². The van der Waals surface area contributed by atoms with Crippen molar-refractivity contribution < 1.29 is 8.78 Å². The summed E-state index contributed by atoms with van der Waals surface area (Å²) in [5.41, 5.74) is 6.79. The van der Waals surface area contributed by atoms with Crippen LogP contribution in [0.5, 0.6) is 0 Å². The smallest absolute Gasteiger partial charge is 0.264 e. The largest absolute Gasteiger partial charge is 0.398 e. The number of nitrogen functional groups attached to an aromatic ring is 1. The van der Waals surface area contributed by atoms with E-state index >= 15 is 0 Å². The van der Waals surface area contributed by atoms with Crippen molar-refractivity contribution in [1.82, 2.24) is 0 Å². The van der Waals surface area contributed by atoms with Gasteiger partial charge in [-0.05, 0) is 30.0 Å². The second kappa shape index (κ2) is 3.20. The quantitative estimate of drug-likeness (QED) is 0.717. The van der Waals surface area contributed by atoms with E-state index in [0.717, 1.165) is 10.1 Å². The van der Waals surface area contributed by atoms with Crippen molar-refractivity contribution >= 4 is 27.1 Å². The highest BCUT2D eigenvalue weighted by molar-refractivity contribution is 7.17. The summed E-state index contributed by atoms with van der Waals surface area (Å²) in [6.07, 6.45) is -2.45. The van der Waals surface area contributed by atoms with Gasteiger partial charge in [0.15, 0.2) is 0 Å². The first kappa shape index (κ1) is 9.40. The zero-order valence-corrected chi connectivity index (χ0v) is 8.37. The molecule has 1 nitrogen and oxygen atoms in total. The SMILES string of the molecule is Cc1c(C(F)F)cc(N)c2ccsc12. The average Bonchev–Trinajstić information content (AvgIpc) is 2.59. The first-order valence-corrected chi connectivity index (χ1v) is 5.03. The van der Waals surface area contributed by atoms with Gasteiger partial charge >= 0.3 is 0 Å². The first-order chi connectivity index (χ1) is 6.61. The summed E-state index contributed by atoms with van der Waals surface area (Å²) < 4.78 is 26.0. The molecule has 0 saturated heterocycles. The summed E-state index contributed by atoms with van der Waals surface area (Å²) in [6, 6.07) is 3.23. The standard InChI is InChI=1S/C10H9F2NS/c1-5-7(10(11)12)4-8(13)6-2-3-14-9(5)6/h2-4,10H,13H2,1H3. The van der Waals surface area contributed by atoms with Gasteiger partial charge in [-0.2, -0.15) is 0 Å². The lowest BCUT2D eigenvalue weighted by molar-refractivity contribution is 0.151. The molecule has 1 aromatic carbocycles. The van der Waals surface area contributed by atoms with Gasteiger partial charge in [-0.25, -0.2) is 8.78 Å². The summed E-state index contributed by atoms with van der Waals surface area (Å²) in [6.45, 7) is 1.71. The lowest BCUT2D eigenvalue weighted by Crippen LogP contribution is -1.94. The average molecular weight is 213 g/mol. The molecule has 2 rings (SSSR count). The molecule has 2 aromatic rings. The van der Waals surface area contributed by atoms with Crippen molar-refractivity contribution in [2.75, 3.05) is 5.73 Å². The number of rotatable bonds is 1. The molecule has 0 fully saturated rings. The van der Waals surface area contributed by atoms with Gasteiger partial charge in [0.05, 0.1) is 0 Å². The lowest BCUT2D eigenvalue weighted by atomic mass is 10.1. The number of aryl methyl sites for hydroxylation is 1. The van der Waals surface area contributed by atoms with E-state index in [4.69, 9.17) is 5.73 Å². The van der Waals surface area contributed by atoms with Crippen LogP contribution < -0.4 is 5.73 Å². The molecule has 1 aromatic heterocycles. The van der Waals surface area contributed by atoms with Crippen LogP contribution in [-0.2, 0) is 0 Å². The molecule has 0 atom stereocenters. The third-order valence-corrected chi connectivity index (χ3v) is 3.33. The maximum absolute atomic E-state index is 12.6. The summed E-state index contributed by atoms with van der Waals surface area (Å²) in [7, 11) is 0. The minimum absolute atomic E-state index is 0.0393. The number of anilines is 1. The zero-order valence-electron chi connectivity index (χ0n) is 7.55. The fraction of sp³-hybridized carbons (Fsp3) is 0.200. The zero-order chi connectivity index (χ0) is 10.3. The van der Waals surface area contributed by atoms with Crippen molar-refractivity contribution in [2.45, 2.75) is 13.3 Å². The number of nitrogens with two attached hydrogens (primary N) is 1. The van der Waals surface area contributed by atoms with E-state index in [1.807, 2.05) is 11.4 Å². The van der Waals surface area contributed by atoms with Crippen molar-refractivity contribution in [1.29, 1.82) is 0 Å². The van der Waals surface area contributed by atoms with Crippen LogP contribution in [0.4, 0.5) is 14.5 Å². The Labute approximate surface area is 84.2 Å². The fourth-order valence-corrected chi connectivity index (χ4v) is 2.49. The van der Waals surface area contributed by atoms with Gasteiger partial charge < -0.3 is 5.73 Å². The van der Waals surface area contributed by atoms with E-state index in [9.17, 15) is 8.78 Å². The Bertz CT molecular complexity index is 476. The monoisotopic (exact) mass is 213 g/mol. The van der Waals surface area contributed by atoms with Crippen molar-refractivity contribution in [3.63, 3.8) is 0 Å². The molecule has 0 aliphatic heterocycles. The minimum atomic E-state index is -2.45. The third-order valence-electron chi connectivity index (χ3n) is 2.30. The summed E-state index contributed by atoms with van der Waals surface area (Å²) >= 11 is 1.45. The van der Waals surface area contributed by atoms with Gasteiger partial charge in [0, 0.05) is 21.3 Å². The minimum Gasteiger partial charge on any atom is -0.398 e. The van der Waals surface area contributed by atoms with Crippen LogP contribution in [0, 0.1) is 6.92 Å². The molecule has 0 spiro atoms. The molecular formula is C10H9F2NS. The van der Waals surface area contributed by atoms with Crippen LogP contribution >= 0.6 is 11.3 Å². The van der Waals surface area contributed by atoms with Gasteiger partial charge in [0.2, 0.25) is 0 Å². The molecule has 2 N–H and O–H groups in total. The maximum Gasteiger partial charge on any atom is 0.264 e. The Morgan fingerprint density at radius 3 is 2.79 bits per heavy atom. The number of benzene rings is 1. The highest BCUT2D eigenvalue weighted by Crippen LogP contribution is 2.35. The Morgan fingerprint density at radius 1 is 1.43 bits per heavy atom. The Hall–Kier alpha value is -1.16. The molecule has 0 bridgehead atoms. The predicted molar refractivity (Wildman–Crippen MR) is 55.9 cm³/mol. The van der Waals surface area contributed by atoms with Crippen LogP contribution in [0.3, 0.4) is 0 Å². The van der Waals surface area contributed by atoms with Crippen molar-refractivity contribution in [3.05, 3.63) is 28.6 Å². The fourth-order valence-electron chi connectivity index (χ4n) is 1.54. The second-order valence-corrected chi connectivity index (χ2v) is 4.06. The van der Waals surface area contributed by atoms with E-state index in [1.54, 1.807) is 6.92 Å². The Kier molecular flexibility index (Phi) is 2.15.